The molecular weight excluding hydrogens is 752 g/mol. The van der Waals surface area contributed by atoms with E-state index in [1.54, 1.807) is 11.3 Å². The van der Waals surface area contributed by atoms with Gasteiger partial charge in [-0.1, -0.05) is 62.7 Å². The van der Waals surface area contributed by atoms with Gasteiger partial charge in [-0.15, -0.1) is 11.3 Å². The van der Waals surface area contributed by atoms with Gasteiger partial charge in [0.05, 0.1) is 49.1 Å². The average molecular weight is 809 g/mol. The molecule has 3 aromatic rings. The van der Waals surface area contributed by atoms with Crippen LogP contribution < -0.4 is 15.4 Å². The van der Waals surface area contributed by atoms with Gasteiger partial charge in [0.25, 0.3) is 11.8 Å². The van der Waals surface area contributed by atoms with Gasteiger partial charge in [-0.2, -0.15) is 0 Å². The summed E-state index contributed by atoms with van der Waals surface area (Å²) in [7, 11) is 0. The maximum Gasteiger partial charge on any atom is 0.273 e. The van der Waals surface area contributed by atoms with E-state index in [1.165, 1.54) is 0 Å². The number of amides is 3. The summed E-state index contributed by atoms with van der Waals surface area (Å²) in [4.78, 5) is 48.9. The van der Waals surface area contributed by atoms with Gasteiger partial charge in [0.15, 0.2) is 6.61 Å². The lowest BCUT2D eigenvalue weighted by molar-refractivity contribution is -0.132. The average Bonchev–Trinajstić information content (AvgIpc) is 3.70. The molecule has 2 fully saturated rings. The van der Waals surface area contributed by atoms with Gasteiger partial charge in [0.2, 0.25) is 5.91 Å². The molecule has 0 aliphatic carbocycles. The van der Waals surface area contributed by atoms with Crippen LogP contribution in [-0.4, -0.2) is 122 Å². The summed E-state index contributed by atoms with van der Waals surface area (Å²) < 4.78 is 17.9. The second kappa shape index (κ2) is 20.2. The summed E-state index contributed by atoms with van der Waals surface area (Å²) in [6, 6.07) is 12.0. The number of rotatable bonds is 18. The number of aromatic nitrogens is 1. The molecule has 12 nitrogen and oxygen atoms in total. The Morgan fingerprint density at radius 3 is 2.62 bits per heavy atom. The number of hydrogen-bond acceptors (Lipinski definition) is 10. The number of nitrogens with one attached hydrogen (secondary N) is 2. The number of hydrogen-bond donors (Lipinski definition) is 2. The van der Waals surface area contributed by atoms with E-state index in [0.29, 0.717) is 82.7 Å². The van der Waals surface area contributed by atoms with Crippen LogP contribution >= 0.6 is 22.9 Å². The minimum atomic E-state index is -0.322. The Kier molecular flexibility index (Phi) is 15.2. The third kappa shape index (κ3) is 11.1. The second-order valence-electron chi connectivity index (χ2n) is 15.3. The van der Waals surface area contributed by atoms with Crippen molar-refractivity contribution in [3.8, 4) is 5.75 Å². The summed E-state index contributed by atoms with van der Waals surface area (Å²) in [6.45, 7) is 14.1. The van der Waals surface area contributed by atoms with Crippen molar-refractivity contribution in [2.75, 3.05) is 84.1 Å². The van der Waals surface area contributed by atoms with Crippen LogP contribution in [0.3, 0.4) is 0 Å². The van der Waals surface area contributed by atoms with Crippen LogP contribution in [0.5, 0.6) is 5.75 Å². The Morgan fingerprint density at radius 2 is 1.84 bits per heavy atom. The zero-order chi connectivity index (χ0) is 39.5. The van der Waals surface area contributed by atoms with E-state index >= 15 is 0 Å². The molecule has 304 valence electrons. The lowest BCUT2D eigenvalue weighted by Crippen LogP contribution is -2.58. The maximum absolute atomic E-state index is 13.3. The Morgan fingerprint density at radius 1 is 1.05 bits per heavy atom. The molecule has 6 rings (SSSR count). The van der Waals surface area contributed by atoms with E-state index in [4.69, 9.17) is 25.8 Å². The predicted octanol–water partition coefficient (Wildman–Crippen LogP) is 5.78. The lowest BCUT2D eigenvalue weighted by atomic mass is 9.89. The van der Waals surface area contributed by atoms with E-state index in [2.05, 4.69) is 53.4 Å². The highest BCUT2D eigenvalue weighted by atomic mass is 35.5. The number of piperidine rings is 1. The predicted molar refractivity (Wildman–Crippen MR) is 220 cm³/mol. The van der Waals surface area contributed by atoms with Crippen molar-refractivity contribution in [2.45, 2.75) is 77.4 Å². The number of carbonyl (C=O) groups excluding carboxylic acids is 3. The Bertz CT molecular complexity index is 1800. The lowest BCUT2D eigenvalue weighted by Gasteiger charge is -2.47. The van der Waals surface area contributed by atoms with E-state index in [-0.39, 0.29) is 29.9 Å². The number of morpholine rings is 1. The van der Waals surface area contributed by atoms with Crippen molar-refractivity contribution in [1.29, 1.82) is 0 Å². The summed E-state index contributed by atoms with van der Waals surface area (Å²) in [6.07, 6.45) is 4.37. The largest absolute Gasteiger partial charge is 0.481 e. The maximum atomic E-state index is 13.3. The van der Waals surface area contributed by atoms with Crippen LogP contribution in [0.15, 0.2) is 41.8 Å². The van der Waals surface area contributed by atoms with Gasteiger partial charge in [-0.05, 0) is 61.4 Å². The normalized spacial score (nSPS) is 16.8. The summed E-state index contributed by atoms with van der Waals surface area (Å²) in [5, 5.41) is 9.95. The summed E-state index contributed by atoms with van der Waals surface area (Å²) in [5.41, 5.74) is 4.12. The number of ether oxygens (including phenoxy) is 3. The van der Waals surface area contributed by atoms with Crippen LogP contribution in [0, 0.1) is 0 Å². The number of fused-ring (bicyclic) bond motifs is 1. The third-order valence-corrected chi connectivity index (χ3v) is 12.4. The first-order valence-electron chi connectivity index (χ1n) is 20.1. The van der Waals surface area contributed by atoms with Gasteiger partial charge in [0, 0.05) is 62.1 Å². The van der Waals surface area contributed by atoms with Gasteiger partial charge < -0.3 is 34.6 Å². The standard InChI is InChI=1S/C42H57ClN6O6S/c1-4-18-48(21-17-44-16-11-32-8-6-10-34-39(32)54-27-36(50)45-34)37(51)13-24-53-23-12-31-7-5-9-33(38(31)43)26-47-19-14-42(15-20-47)29-49(22-25-55-42)41(52)35-28-56-40(46-35)30(2)3/h5-10,28,30,44H,4,11-27,29H2,1-3H3,(H,45,50). The molecule has 3 aliphatic heterocycles. The molecular formula is C42H57ClN6O6S. The van der Waals surface area contributed by atoms with Gasteiger partial charge in [-0.3, -0.25) is 19.3 Å². The van der Waals surface area contributed by atoms with E-state index in [0.717, 1.165) is 84.3 Å². The topological polar surface area (TPSA) is 126 Å². The van der Waals surface area contributed by atoms with Crippen molar-refractivity contribution in [3.05, 3.63) is 74.2 Å². The molecule has 0 atom stereocenters. The molecule has 0 radical (unpaired) electrons. The number of para-hydroxylation sites is 1. The highest BCUT2D eigenvalue weighted by Crippen LogP contribution is 2.34. The quantitative estimate of drug-likeness (QED) is 0.154. The minimum absolute atomic E-state index is 0.00417. The van der Waals surface area contributed by atoms with Gasteiger partial charge >= 0.3 is 0 Å². The van der Waals surface area contributed by atoms with Crippen LogP contribution in [0.4, 0.5) is 5.69 Å². The smallest absolute Gasteiger partial charge is 0.273 e. The Labute approximate surface area is 340 Å². The molecule has 4 heterocycles. The zero-order valence-electron chi connectivity index (χ0n) is 33.1. The number of thiazole rings is 1. The number of halogens is 1. The van der Waals surface area contributed by atoms with Crippen molar-refractivity contribution in [1.82, 2.24) is 25.0 Å². The minimum Gasteiger partial charge on any atom is -0.481 e. The molecule has 2 aromatic carbocycles. The molecule has 0 saturated carbocycles. The first-order chi connectivity index (χ1) is 27.1. The first kappa shape index (κ1) is 42.0. The van der Waals surface area contributed by atoms with Crippen molar-refractivity contribution in [2.24, 2.45) is 0 Å². The van der Waals surface area contributed by atoms with Gasteiger partial charge in [-0.25, -0.2) is 4.98 Å². The number of benzene rings is 2. The van der Waals surface area contributed by atoms with E-state index < -0.39 is 0 Å². The fourth-order valence-electron chi connectivity index (χ4n) is 7.61. The molecule has 3 aliphatic rings. The molecule has 2 saturated heterocycles. The molecule has 3 amide bonds. The molecule has 1 spiro atoms. The number of nitrogens with zero attached hydrogens (tertiary/aromatic N) is 4. The second-order valence-corrected chi connectivity index (χ2v) is 16.5. The molecule has 2 N–H and O–H groups in total. The van der Waals surface area contributed by atoms with Crippen LogP contribution in [0.25, 0.3) is 0 Å². The highest BCUT2D eigenvalue weighted by Gasteiger charge is 2.41. The van der Waals surface area contributed by atoms with Crippen molar-refractivity contribution < 1.29 is 28.6 Å². The van der Waals surface area contributed by atoms with Crippen LogP contribution in [-0.2, 0) is 38.4 Å². The van der Waals surface area contributed by atoms with E-state index in [1.807, 2.05) is 39.4 Å². The van der Waals surface area contributed by atoms with Crippen molar-refractivity contribution in [3.63, 3.8) is 0 Å². The molecule has 14 heteroatoms. The SMILES string of the molecule is CCCN(CCNCCc1cccc2c1OCC(=O)N2)C(=O)CCOCCc1cccc(CN2CCC3(CC2)CN(C(=O)c2csc(C(C)C)n2)CCO3)c1Cl. The zero-order valence-corrected chi connectivity index (χ0v) is 34.7. The fraction of sp³-hybridized carbons (Fsp3) is 0.571. The summed E-state index contributed by atoms with van der Waals surface area (Å²) in [5.74, 6) is 1.01. The third-order valence-electron chi connectivity index (χ3n) is 10.8. The number of carbonyl (C=O) groups is 3. The molecule has 1 aromatic heterocycles. The first-order valence-corrected chi connectivity index (χ1v) is 21.4. The Hall–Kier alpha value is -3.59. The summed E-state index contributed by atoms with van der Waals surface area (Å²) >= 11 is 8.50. The Balaban J connectivity index is 0.881. The van der Waals surface area contributed by atoms with Gasteiger partial charge in [0.1, 0.15) is 11.4 Å². The van der Waals surface area contributed by atoms with E-state index in [9.17, 15) is 14.4 Å². The van der Waals surface area contributed by atoms with Crippen molar-refractivity contribution >= 4 is 46.3 Å². The molecule has 0 unspecified atom stereocenters. The molecule has 0 bridgehead atoms. The number of anilines is 1. The monoisotopic (exact) mass is 808 g/mol. The van der Waals surface area contributed by atoms with Crippen LogP contribution in [0.2, 0.25) is 5.02 Å². The molecule has 56 heavy (non-hydrogen) atoms. The fourth-order valence-corrected chi connectivity index (χ4v) is 8.70. The highest BCUT2D eigenvalue weighted by molar-refractivity contribution is 7.09. The van der Waals surface area contributed by atoms with Crippen LogP contribution in [0.1, 0.15) is 84.6 Å². The number of likely N-dealkylation sites (tertiary alicyclic amines) is 1.